The lowest BCUT2D eigenvalue weighted by Gasteiger charge is -2.17. The Balaban J connectivity index is 1.31. The quantitative estimate of drug-likeness (QED) is 0.210. The van der Waals surface area contributed by atoms with Crippen molar-refractivity contribution in [1.82, 2.24) is 10.3 Å². The molecule has 0 aliphatic carbocycles. The number of ether oxygens (including phenoxy) is 1. The van der Waals surface area contributed by atoms with Crippen LogP contribution in [0.1, 0.15) is 52.4 Å². The van der Waals surface area contributed by atoms with Gasteiger partial charge in [0.05, 0.1) is 30.4 Å². The molecule has 0 bridgehead atoms. The van der Waals surface area contributed by atoms with Gasteiger partial charge >= 0.3 is 5.97 Å². The van der Waals surface area contributed by atoms with Crippen LogP contribution in [0.4, 0.5) is 0 Å². The molecule has 0 fully saturated rings. The maximum absolute atomic E-state index is 13.1. The van der Waals surface area contributed by atoms with Crippen LogP contribution in [0.25, 0.3) is 33.7 Å². The molecule has 1 atom stereocenters. The molecule has 0 aliphatic heterocycles. The number of benzene rings is 4. The molecule has 0 radical (unpaired) electrons. The van der Waals surface area contributed by atoms with Gasteiger partial charge < -0.3 is 14.5 Å². The largest absolute Gasteiger partial charge is 0.467 e. The van der Waals surface area contributed by atoms with Crippen molar-refractivity contribution in [2.75, 3.05) is 7.11 Å². The predicted molar refractivity (Wildman–Crippen MR) is 162 cm³/mol. The molecule has 5 aromatic rings. The van der Waals surface area contributed by atoms with Crippen LogP contribution >= 0.6 is 0 Å². The summed E-state index contributed by atoms with van der Waals surface area (Å²) < 4.78 is 11.0. The van der Waals surface area contributed by atoms with Crippen molar-refractivity contribution in [2.24, 2.45) is 0 Å². The zero-order valence-corrected chi connectivity index (χ0v) is 23.9. The summed E-state index contributed by atoms with van der Waals surface area (Å²) in [5.74, 6) is -0.454. The van der Waals surface area contributed by atoms with Crippen molar-refractivity contribution in [3.8, 4) is 34.7 Å². The molecule has 1 heterocycles. The molecule has 4 aromatic carbocycles. The van der Waals surface area contributed by atoms with Crippen LogP contribution in [-0.4, -0.2) is 30.0 Å². The summed E-state index contributed by atoms with van der Waals surface area (Å²) in [6.45, 7) is 4.05. The number of rotatable bonds is 8. The summed E-state index contributed by atoms with van der Waals surface area (Å²) in [4.78, 5) is 30.3. The number of nitrogens with one attached hydrogen (secondary N) is 1. The molecule has 1 amide bonds. The van der Waals surface area contributed by atoms with Gasteiger partial charge in [-0.15, -0.1) is 0 Å². The number of hydrogen-bond acceptors (Lipinski definition) is 7. The van der Waals surface area contributed by atoms with E-state index in [2.05, 4.69) is 22.4 Å². The lowest BCUT2D eigenvalue weighted by atomic mass is 9.99. The van der Waals surface area contributed by atoms with E-state index in [9.17, 15) is 20.1 Å². The van der Waals surface area contributed by atoms with Gasteiger partial charge in [0, 0.05) is 23.1 Å². The number of oxazole rings is 1. The van der Waals surface area contributed by atoms with E-state index in [1.165, 1.54) is 7.11 Å². The molecule has 8 heteroatoms. The second-order valence-corrected chi connectivity index (χ2v) is 10.4. The van der Waals surface area contributed by atoms with Crippen LogP contribution in [0, 0.1) is 22.7 Å². The molecule has 8 nitrogen and oxygen atoms in total. The monoisotopic (exact) mass is 568 g/mol. The van der Waals surface area contributed by atoms with Crippen LogP contribution in [0.2, 0.25) is 0 Å². The Kier molecular flexibility index (Phi) is 8.32. The second kappa shape index (κ2) is 12.4. The van der Waals surface area contributed by atoms with Gasteiger partial charge in [-0.1, -0.05) is 50.2 Å². The topological polar surface area (TPSA) is 129 Å². The van der Waals surface area contributed by atoms with Gasteiger partial charge in [0.2, 0.25) is 5.89 Å². The number of carbonyl (C=O) groups is 2. The van der Waals surface area contributed by atoms with Crippen molar-refractivity contribution in [1.29, 1.82) is 10.5 Å². The molecule has 0 spiro atoms. The highest BCUT2D eigenvalue weighted by Crippen LogP contribution is 2.31. The lowest BCUT2D eigenvalue weighted by Crippen LogP contribution is -2.43. The van der Waals surface area contributed by atoms with Crippen molar-refractivity contribution in [2.45, 2.75) is 32.2 Å². The van der Waals surface area contributed by atoms with Crippen LogP contribution in [0.5, 0.6) is 0 Å². The van der Waals surface area contributed by atoms with E-state index in [-0.39, 0.29) is 12.3 Å². The summed E-state index contributed by atoms with van der Waals surface area (Å²) in [5.41, 5.74) is 6.95. The minimum atomic E-state index is -0.897. The van der Waals surface area contributed by atoms with E-state index in [0.717, 1.165) is 22.3 Å². The zero-order chi connectivity index (χ0) is 30.5. The van der Waals surface area contributed by atoms with Crippen molar-refractivity contribution in [3.05, 3.63) is 113 Å². The summed E-state index contributed by atoms with van der Waals surface area (Å²) >= 11 is 0. The van der Waals surface area contributed by atoms with Crippen LogP contribution in [-0.2, 0) is 16.0 Å². The first-order valence-electron chi connectivity index (χ1n) is 13.7. The fourth-order valence-corrected chi connectivity index (χ4v) is 4.85. The highest BCUT2D eigenvalue weighted by Gasteiger charge is 2.23. The van der Waals surface area contributed by atoms with E-state index >= 15 is 0 Å². The number of carbonyl (C=O) groups excluding carboxylic acids is 2. The average molecular weight is 569 g/mol. The van der Waals surface area contributed by atoms with Gasteiger partial charge in [-0.3, -0.25) is 4.79 Å². The number of esters is 1. The number of fused-ring (bicyclic) bond motifs is 1. The van der Waals surface area contributed by atoms with Crippen molar-refractivity contribution < 1.29 is 18.7 Å². The Labute approximate surface area is 249 Å². The van der Waals surface area contributed by atoms with Crippen LogP contribution in [0.3, 0.4) is 0 Å². The Morgan fingerprint density at radius 3 is 2.23 bits per heavy atom. The fraction of sp³-hybridized carbons (Fsp3) is 0.171. The Bertz CT molecular complexity index is 1890. The van der Waals surface area contributed by atoms with Gasteiger partial charge in [0.1, 0.15) is 11.6 Å². The molecule has 0 unspecified atom stereocenters. The predicted octanol–water partition coefficient (Wildman–Crippen LogP) is 6.54. The summed E-state index contributed by atoms with van der Waals surface area (Å²) in [6.07, 6.45) is 0.237. The number of nitrogens with zero attached hydrogens (tertiary/aromatic N) is 3. The molecular formula is C35H28N4O4. The minimum Gasteiger partial charge on any atom is -0.467 e. The summed E-state index contributed by atoms with van der Waals surface area (Å²) in [5, 5.41) is 21.4. The fourth-order valence-electron chi connectivity index (χ4n) is 4.85. The third-order valence-electron chi connectivity index (χ3n) is 7.17. The Hall–Kier alpha value is -5.73. The lowest BCUT2D eigenvalue weighted by molar-refractivity contribution is -0.142. The highest BCUT2D eigenvalue weighted by atomic mass is 16.5. The molecule has 0 saturated heterocycles. The third-order valence-corrected chi connectivity index (χ3v) is 7.17. The SMILES string of the molecule is COC(=O)[C@H](Cc1ccc(-c2cccc(C#N)c2)cc1)NC(=O)c1ccc(-c2nc3cc(C#N)cc(C(C)C)c3o2)cc1. The van der Waals surface area contributed by atoms with Gasteiger partial charge in [-0.25, -0.2) is 9.78 Å². The van der Waals surface area contributed by atoms with Crippen LogP contribution < -0.4 is 5.32 Å². The first-order chi connectivity index (χ1) is 20.8. The van der Waals surface area contributed by atoms with Gasteiger partial charge in [0.15, 0.2) is 5.58 Å². The molecule has 5 rings (SSSR count). The van der Waals surface area contributed by atoms with Gasteiger partial charge in [-0.05, 0) is 71.1 Å². The highest BCUT2D eigenvalue weighted by molar-refractivity contribution is 5.97. The molecular weight excluding hydrogens is 540 g/mol. The molecule has 1 aromatic heterocycles. The van der Waals surface area contributed by atoms with Crippen LogP contribution in [0.15, 0.2) is 89.3 Å². The standard InChI is InChI=1S/C35H28N4O4/c1-21(2)29-16-24(20-37)18-30-32(29)43-34(39-30)27-13-11-26(12-14-27)33(40)38-31(35(41)42-3)17-22-7-9-25(10-8-22)28-6-4-5-23(15-28)19-36/h4-16,18,21,31H,17H2,1-3H3,(H,38,40)/t31-/m0/s1. The maximum Gasteiger partial charge on any atom is 0.328 e. The first kappa shape index (κ1) is 28.8. The maximum atomic E-state index is 13.1. The van der Waals surface area contributed by atoms with E-state index < -0.39 is 17.9 Å². The molecule has 0 saturated carbocycles. The molecule has 212 valence electrons. The van der Waals surface area contributed by atoms with Gasteiger partial charge in [-0.2, -0.15) is 10.5 Å². The van der Waals surface area contributed by atoms with Gasteiger partial charge in [0.25, 0.3) is 5.91 Å². The number of aromatic nitrogens is 1. The van der Waals surface area contributed by atoms with Crippen molar-refractivity contribution >= 4 is 23.0 Å². The molecule has 43 heavy (non-hydrogen) atoms. The number of amides is 1. The normalized spacial score (nSPS) is 11.5. The van der Waals surface area contributed by atoms with E-state index in [1.54, 1.807) is 36.4 Å². The Morgan fingerprint density at radius 2 is 1.58 bits per heavy atom. The third kappa shape index (κ3) is 6.29. The number of methoxy groups -OCH3 is 1. The smallest absolute Gasteiger partial charge is 0.328 e. The summed E-state index contributed by atoms with van der Waals surface area (Å²) in [7, 11) is 1.28. The zero-order valence-electron chi connectivity index (χ0n) is 23.9. The average Bonchev–Trinajstić information content (AvgIpc) is 3.48. The summed E-state index contributed by atoms with van der Waals surface area (Å²) in [6, 6.07) is 28.6. The number of hydrogen-bond donors (Lipinski definition) is 1. The second-order valence-electron chi connectivity index (χ2n) is 10.4. The first-order valence-corrected chi connectivity index (χ1v) is 13.7. The van der Waals surface area contributed by atoms with E-state index in [1.807, 2.05) is 62.4 Å². The van der Waals surface area contributed by atoms with Crippen molar-refractivity contribution in [3.63, 3.8) is 0 Å². The minimum absolute atomic E-state index is 0.143. The van der Waals surface area contributed by atoms with E-state index in [4.69, 9.17) is 9.15 Å². The van der Waals surface area contributed by atoms with E-state index in [0.29, 0.717) is 39.2 Å². The molecule has 0 aliphatic rings. The Morgan fingerprint density at radius 1 is 0.884 bits per heavy atom. The number of nitriles is 2. The molecule has 1 N–H and O–H groups in total.